The fourth-order valence-electron chi connectivity index (χ4n) is 1.81. The second-order valence-corrected chi connectivity index (χ2v) is 4.11. The number of ether oxygens (including phenoxy) is 2. The van der Waals surface area contributed by atoms with Gasteiger partial charge in [0.25, 0.3) is 5.91 Å². The van der Waals surface area contributed by atoms with Gasteiger partial charge in [0, 0.05) is 20.0 Å². The van der Waals surface area contributed by atoms with E-state index in [9.17, 15) is 9.59 Å². The topological polar surface area (TPSA) is 81.9 Å². The van der Waals surface area contributed by atoms with Gasteiger partial charge in [0.05, 0.1) is 12.2 Å². The molecular weight excluding hydrogens is 236 g/mol. The SMILES string of the molecule is CC(=O)Oc1ccc2c(c1)N(C)CC(C(N)=O)O2. The van der Waals surface area contributed by atoms with Crippen LogP contribution in [0.1, 0.15) is 6.92 Å². The average molecular weight is 250 g/mol. The first kappa shape index (κ1) is 12.2. The summed E-state index contributed by atoms with van der Waals surface area (Å²) in [6.45, 7) is 1.70. The molecule has 1 heterocycles. The Hall–Kier alpha value is -2.24. The standard InChI is InChI=1S/C12H14N2O4/c1-7(15)17-8-3-4-10-9(5-8)14(2)6-11(18-10)12(13)16/h3-5,11H,6H2,1-2H3,(H2,13,16). The number of hydrogen-bond acceptors (Lipinski definition) is 5. The molecule has 1 aromatic carbocycles. The smallest absolute Gasteiger partial charge is 0.308 e. The predicted molar refractivity (Wildman–Crippen MR) is 64.6 cm³/mol. The van der Waals surface area contributed by atoms with Gasteiger partial charge in [-0.3, -0.25) is 9.59 Å². The predicted octanol–water partition coefficient (Wildman–Crippen LogP) is 0.294. The van der Waals surface area contributed by atoms with Crippen LogP contribution in [-0.2, 0) is 9.59 Å². The maximum absolute atomic E-state index is 11.1. The van der Waals surface area contributed by atoms with Gasteiger partial charge in [-0.15, -0.1) is 0 Å². The Kier molecular flexibility index (Phi) is 3.10. The lowest BCUT2D eigenvalue weighted by Gasteiger charge is -2.32. The van der Waals surface area contributed by atoms with Crippen molar-refractivity contribution in [1.82, 2.24) is 0 Å². The lowest BCUT2D eigenvalue weighted by molar-refractivity contribution is -0.131. The minimum absolute atomic E-state index is 0.367. The zero-order chi connectivity index (χ0) is 13.3. The number of hydrogen-bond donors (Lipinski definition) is 1. The third-order valence-electron chi connectivity index (χ3n) is 2.63. The Morgan fingerprint density at radius 1 is 1.50 bits per heavy atom. The molecule has 1 aliphatic heterocycles. The highest BCUT2D eigenvalue weighted by Gasteiger charge is 2.27. The molecule has 96 valence electrons. The van der Waals surface area contributed by atoms with Crippen LogP contribution in [0.3, 0.4) is 0 Å². The lowest BCUT2D eigenvalue weighted by atomic mass is 10.2. The van der Waals surface area contributed by atoms with Crippen molar-refractivity contribution < 1.29 is 19.1 Å². The van der Waals surface area contributed by atoms with E-state index in [1.165, 1.54) is 6.92 Å². The van der Waals surface area contributed by atoms with Crippen molar-refractivity contribution in [2.24, 2.45) is 5.73 Å². The quantitative estimate of drug-likeness (QED) is 0.602. The van der Waals surface area contributed by atoms with Crippen LogP contribution in [-0.4, -0.2) is 31.6 Å². The van der Waals surface area contributed by atoms with E-state index in [1.807, 2.05) is 11.9 Å². The summed E-state index contributed by atoms with van der Waals surface area (Å²) >= 11 is 0. The van der Waals surface area contributed by atoms with Gasteiger partial charge in [0.2, 0.25) is 0 Å². The zero-order valence-corrected chi connectivity index (χ0v) is 10.2. The fraction of sp³-hybridized carbons (Fsp3) is 0.333. The van der Waals surface area contributed by atoms with E-state index in [-0.39, 0.29) is 5.97 Å². The van der Waals surface area contributed by atoms with E-state index in [2.05, 4.69) is 0 Å². The second-order valence-electron chi connectivity index (χ2n) is 4.11. The Labute approximate surface area is 104 Å². The number of esters is 1. The van der Waals surface area contributed by atoms with Gasteiger partial charge in [-0.25, -0.2) is 0 Å². The van der Waals surface area contributed by atoms with Crippen LogP contribution in [0, 0.1) is 0 Å². The average Bonchev–Trinajstić information content (AvgIpc) is 2.28. The first-order chi connectivity index (χ1) is 8.47. The number of nitrogens with two attached hydrogens (primary N) is 1. The summed E-state index contributed by atoms with van der Waals surface area (Å²) in [4.78, 5) is 23.8. The number of nitrogens with zero attached hydrogens (tertiary/aromatic N) is 1. The zero-order valence-electron chi connectivity index (χ0n) is 10.2. The molecular formula is C12H14N2O4. The Balaban J connectivity index is 2.29. The molecule has 0 bridgehead atoms. The number of rotatable bonds is 2. The maximum atomic E-state index is 11.1. The number of anilines is 1. The molecule has 0 fully saturated rings. The molecule has 0 aliphatic carbocycles. The number of amides is 1. The van der Waals surface area contributed by atoms with E-state index in [0.29, 0.717) is 18.0 Å². The Morgan fingerprint density at radius 3 is 2.83 bits per heavy atom. The van der Waals surface area contributed by atoms with Crippen molar-refractivity contribution in [2.45, 2.75) is 13.0 Å². The summed E-state index contributed by atoms with van der Waals surface area (Å²) in [5.41, 5.74) is 5.98. The van der Waals surface area contributed by atoms with E-state index in [4.69, 9.17) is 15.2 Å². The molecule has 0 aromatic heterocycles. The van der Waals surface area contributed by atoms with E-state index in [0.717, 1.165) is 5.69 Å². The first-order valence-corrected chi connectivity index (χ1v) is 5.47. The first-order valence-electron chi connectivity index (χ1n) is 5.47. The Bertz CT molecular complexity index is 501. The molecule has 0 radical (unpaired) electrons. The summed E-state index contributed by atoms with van der Waals surface area (Å²) in [7, 11) is 1.81. The van der Waals surface area contributed by atoms with Crippen molar-refractivity contribution in [3.05, 3.63) is 18.2 Å². The normalized spacial score (nSPS) is 17.7. The third kappa shape index (κ3) is 2.37. The molecule has 1 aromatic rings. The largest absolute Gasteiger partial charge is 0.477 e. The van der Waals surface area contributed by atoms with Crippen LogP contribution in [0.25, 0.3) is 0 Å². The summed E-state index contributed by atoms with van der Waals surface area (Å²) in [5, 5.41) is 0. The van der Waals surface area contributed by atoms with Crippen molar-refractivity contribution >= 4 is 17.6 Å². The van der Waals surface area contributed by atoms with Crippen molar-refractivity contribution in [3.63, 3.8) is 0 Å². The van der Waals surface area contributed by atoms with Gasteiger partial charge in [-0.2, -0.15) is 0 Å². The summed E-state index contributed by atoms with van der Waals surface area (Å²) < 4.78 is 10.5. The van der Waals surface area contributed by atoms with Gasteiger partial charge in [0.15, 0.2) is 6.10 Å². The highest BCUT2D eigenvalue weighted by atomic mass is 16.5. The Morgan fingerprint density at radius 2 is 2.22 bits per heavy atom. The lowest BCUT2D eigenvalue weighted by Crippen LogP contribution is -2.45. The number of carbonyl (C=O) groups is 2. The maximum Gasteiger partial charge on any atom is 0.308 e. The minimum atomic E-state index is -0.665. The van der Waals surface area contributed by atoms with Gasteiger partial charge >= 0.3 is 5.97 Å². The molecule has 1 amide bonds. The highest BCUT2D eigenvalue weighted by molar-refractivity contribution is 5.81. The van der Waals surface area contributed by atoms with Crippen LogP contribution >= 0.6 is 0 Å². The van der Waals surface area contributed by atoms with Crippen molar-refractivity contribution in [2.75, 3.05) is 18.5 Å². The van der Waals surface area contributed by atoms with Gasteiger partial charge in [-0.05, 0) is 12.1 Å². The molecule has 6 nitrogen and oxygen atoms in total. The minimum Gasteiger partial charge on any atom is -0.477 e. The molecule has 1 aliphatic rings. The molecule has 18 heavy (non-hydrogen) atoms. The molecule has 1 unspecified atom stereocenters. The van der Waals surface area contributed by atoms with Gasteiger partial charge in [0.1, 0.15) is 11.5 Å². The molecule has 2 rings (SSSR count). The number of likely N-dealkylation sites (N-methyl/N-ethyl adjacent to an activating group) is 1. The third-order valence-corrected chi connectivity index (χ3v) is 2.63. The number of benzene rings is 1. The molecule has 6 heteroatoms. The molecule has 0 saturated heterocycles. The van der Waals surface area contributed by atoms with Crippen LogP contribution in [0.5, 0.6) is 11.5 Å². The number of carbonyl (C=O) groups excluding carboxylic acids is 2. The molecule has 1 atom stereocenters. The van der Waals surface area contributed by atoms with Crippen molar-refractivity contribution in [3.8, 4) is 11.5 Å². The van der Waals surface area contributed by atoms with Crippen LogP contribution in [0.4, 0.5) is 5.69 Å². The van der Waals surface area contributed by atoms with E-state index < -0.39 is 12.0 Å². The molecule has 0 saturated carbocycles. The summed E-state index contributed by atoms with van der Waals surface area (Å²) in [6.07, 6.45) is -0.665. The van der Waals surface area contributed by atoms with E-state index >= 15 is 0 Å². The second kappa shape index (κ2) is 4.56. The van der Waals surface area contributed by atoms with Crippen LogP contribution in [0.15, 0.2) is 18.2 Å². The summed E-state index contributed by atoms with van der Waals surface area (Å²) in [5.74, 6) is 0.0959. The highest BCUT2D eigenvalue weighted by Crippen LogP contribution is 2.35. The van der Waals surface area contributed by atoms with Gasteiger partial charge < -0.3 is 20.1 Å². The fourth-order valence-corrected chi connectivity index (χ4v) is 1.81. The number of primary amides is 1. The van der Waals surface area contributed by atoms with E-state index in [1.54, 1.807) is 18.2 Å². The van der Waals surface area contributed by atoms with Crippen molar-refractivity contribution in [1.29, 1.82) is 0 Å². The number of fused-ring (bicyclic) bond motifs is 1. The van der Waals surface area contributed by atoms with Crippen LogP contribution < -0.4 is 20.1 Å². The van der Waals surface area contributed by atoms with Gasteiger partial charge in [-0.1, -0.05) is 0 Å². The molecule has 2 N–H and O–H groups in total. The molecule has 0 spiro atoms. The monoisotopic (exact) mass is 250 g/mol. The van der Waals surface area contributed by atoms with Crippen LogP contribution in [0.2, 0.25) is 0 Å². The summed E-state index contributed by atoms with van der Waals surface area (Å²) in [6, 6.07) is 4.95.